The Balaban J connectivity index is 2.86. The van der Waals surface area contributed by atoms with Crippen molar-refractivity contribution in [2.24, 2.45) is 0 Å². The predicted octanol–water partition coefficient (Wildman–Crippen LogP) is 0.541. The highest BCUT2D eigenvalue weighted by Gasteiger charge is 2.08. The number of hydrogen-bond donors (Lipinski definition) is 2. The second kappa shape index (κ2) is 4.26. The number of aromatic carboxylic acids is 1. The third kappa shape index (κ3) is 3.21. The largest absolute Gasteiger partial charge is 0.478 e. The van der Waals surface area contributed by atoms with Crippen LogP contribution in [0.3, 0.4) is 0 Å². The molecule has 2 N–H and O–H groups in total. The first kappa shape index (κ1) is 11.4. The van der Waals surface area contributed by atoms with Gasteiger partial charge < -0.3 is 5.11 Å². The van der Waals surface area contributed by atoms with Crippen molar-refractivity contribution in [3.05, 3.63) is 23.9 Å². The lowest BCUT2D eigenvalue weighted by atomic mass is 10.3. The zero-order valence-electron chi connectivity index (χ0n) is 7.97. The van der Waals surface area contributed by atoms with Gasteiger partial charge in [-0.2, -0.15) is 0 Å². The molecule has 0 saturated carbocycles. The number of pyridine rings is 1. The average molecular weight is 230 g/mol. The molecule has 0 fully saturated rings. The van der Waals surface area contributed by atoms with E-state index >= 15 is 0 Å². The van der Waals surface area contributed by atoms with Gasteiger partial charge in [0, 0.05) is 6.20 Å². The number of nitrogens with zero attached hydrogens (tertiary/aromatic N) is 1. The van der Waals surface area contributed by atoms with Crippen molar-refractivity contribution >= 4 is 21.8 Å². The van der Waals surface area contributed by atoms with Crippen LogP contribution in [0.5, 0.6) is 0 Å². The van der Waals surface area contributed by atoms with Crippen molar-refractivity contribution < 1.29 is 18.3 Å². The smallest absolute Gasteiger partial charge is 0.337 e. The second-order valence-corrected chi connectivity index (χ2v) is 4.75. The van der Waals surface area contributed by atoms with E-state index in [-0.39, 0.29) is 17.1 Å². The molecule has 0 unspecified atom stereocenters. The lowest BCUT2D eigenvalue weighted by molar-refractivity contribution is 0.0696. The normalized spacial score (nSPS) is 11.0. The second-order valence-electron chi connectivity index (χ2n) is 2.74. The topological polar surface area (TPSA) is 96.4 Å². The molecule has 1 heterocycles. The van der Waals surface area contributed by atoms with Crippen LogP contribution in [0, 0.1) is 0 Å². The molecule has 0 aliphatic rings. The summed E-state index contributed by atoms with van der Waals surface area (Å²) in [6.45, 7) is 1.49. The summed E-state index contributed by atoms with van der Waals surface area (Å²) in [6, 6.07) is 2.58. The van der Waals surface area contributed by atoms with Crippen LogP contribution in [0.25, 0.3) is 0 Å². The summed E-state index contributed by atoms with van der Waals surface area (Å²) in [5, 5.41) is 8.58. The summed E-state index contributed by atoms with van der Waals surface area (Å²) in [6.07, 6.45) is 1.09. The lowest BCUT2D eigenvalue weighted by Gasteiger charge is -2.04. The van der Waals surface area contributed by atoms with E-state index in [4.69, 9.17) is 5.11 Å². The molecule has 7 heteroatoms. The fraction of sp³-hybridized carbons (Fsp3) is 0.250. The minimum atomic E-state index is -3.37. The molecule has 1 aromatic rings. The van der Waals surface area contributed by atoms with Gasteiger partial charge in [-0.1, -0.05) is 0 Å². The SMILES string of the molecule is CCS(=O)(=O)Nc1ccc(C(=O)O)cn1. The maximum atomic E-state index is 11.1. The molecule has 0 radical (unpaired) electrons. The van der Waals surface area contributed by atoms with E-state index in [9.17, 15) is 13.2 Å². The van der Waals surface area contributed by atoms with Gasteiger partial charge >= 0.3 is 5.97 Å². The number of carboxylic acid groups (broad SMARTS) is 1. The molecule has 0 aromatic carbocycles. The van der Waals surface area contributed by atoms with Crippen molar-refractivity contribution in [2.45, 2.75) is 6.92 Å². The van der Waals surface area contributed by atoms with E-state index in [0.29, 0.717) is 0 Å². The van der Waals surface area contributed by atoms with Crippen LogP contribution in [0.15, 0.2) is 18.3 Å². The fourth-order valence-corrected chi connectivity index (χ4v) is 1.40. The van der Waals surface area contributed by atoms with Gasteiger partial charge in [0.05, 0.1) is 11.3 Å². The number of anilines is 1. The van der Waals surface area contributed by atoms with Crippen molar-refractivity contribution in [1.82, 2.24) is 4.98 Å². The Hall–Kier alpha value is -1.63. The average Bonchev–Trinajstić information content (AvgIpc) is 2.18. The Morgan fingerprint density at radius 3 is 2.60 bits per heavy atom. The van der Waals surface area contributed by atoms with Gasteiger partial charge in [0.15, 0.2) is 0 Å². The summed E-state index contributed by atoms with van der Waals surface area (Å²) in [7, 11) is -3.37. The van der Waals surface area contributed by atoms with Gasteiger partial charge in [0.1, 0.15) is 5.82 Å². The Morgan fingerprint density at radius 2 is 2.20 bits per heavy atom. The summed E-state index contributed by atoms with van der Waals surface area (Å²) >= 11 is 0. The van der Waals surface area contributed by atoms with E-state index < -0.39 is 16.0 Å². The first-order valence-corrected chi connectivity index (χ1v) is 5.79. The van der Waals surface area contributed by atoms with E-state index in [1.807, 2.05) is 0 Å². The zero-order valence-corrected chi connectivity index (χ0v) is 8.78. The molecule has 15 heavy (non-hydrogen) atoms. The first-order valence-electron chi connectivity index (χ1n) is 4.14. The quantitative estimate of drug-likeness (QED) is 0.787. The number of carbonyl (C=O) groups is 1. The van der Waals surface area contributed by atoms with Crippen LogP contribution in [0.1, 0.15) is 17.3 Å². The molecule has 0 atom stereocenters. The Labute approximate surface area is 87.0 Å². The maximum absolute atomic E-state index is 11.1. The molecule has 82 valence electrons. The summed E-state index contributed by atoms with van der Waals surface area (Å²) in [5.41, 5.74) is 0.00875. The maximum Gasteiger partial charge on any atom is 0.337 e. The fourth-order valence-electron chi connectivity index (χ4n) is 0.812. The molecule has 0 aliphatic carbocycles. The number of hydrogen-bond acceptors (Lipinski definition) is 4. The number of sulfonamides is 1. The molecule has 1 aromatic heterocycles. The molecule has 0 spiro atoms. The summed E-state index contributed by atoms with van der Waals surface area (Å²) in [4.78, 5) is 14.1. The van der Waals surface area contributed by atoms with E-state index in [2.05, 4.69) is 9.71 Å². The molecule has 0 bridgehead atoms. The van der Waals surface area contributed by atoms with Crippen LogP contribution in [-0.2, 0) is 10.0 Å². The first-order chi connectivity index (χ1) is 6.94. The Kier molecular flexibility index (Phi) is 3.25. The van der Waals surface area contributed by atoms with Gasteiger partial charge in [0.2, 0.25) is 10.0 Å². The number of nitrogens with one attached hydrogen (secondary N) is 1. The number of aromatic nitrogens is 1. The minimum Gasteiger partial charge on any atom is -0.478 e. The number of rotatable bonds is 4. The zero-order chi connectivity index (χ0) is 11.5. The van der Waals surface area contributed by atoms with Crippen LogP contribution in [0.4, 0.5) is 5.82 Å². The number of carboxylic acids is 1. The molecule has 1 rings (SSSR count). The molecule has 0 aliphatic heterocycles. The van der Waals surface area contributed by atoms with Crippen molar-refractivity contribution in [1.29, 1.82) is 0 Å². The summed E-state index contributed by atoms with van der Waals surface area (Å²) < 4.78 is 24.4. The minimum absolute atomic E-state index is 0.00875. The molecule has 0 saturated heterocycles. The molecular formula is C8H10N2O4S. The van der Waals surface area contributed by atoms with Crippen LogP contribution < -0.4 is 4.72 Å². The van der Waals surface area contributed by atoms with Crippen LogP contribution in [-0.4, -0.2) is 30.2 Å². The summed E-state index contributed by atoms with van der Waals surface area (Å²) in [5.74, 6) is -1.05. The highest BCUT2D eigenvalue weighted by Crippen LogP contribution is 2.07. The van der Waals surface area contributed by atoms with Gasteiger partial charge in [-0.25, -0.2) is 18.2 Å². The molecular weight excluding hydrogens is 220 g/mol. The van der Waals surface area contributed by atoms with Crippen molar-refractivity contribution in [3.8, 4) is 0 Å². The Bertz CT molecular complexity index is 452. The lowest BCUT2D eigenvalue weighted by Crippen LogP contribution is -2.15. The van der Waals surface area contributed by atoms with Gasteiger partial charge in [0.25, 0.3) is 0 Å². The van der Waals surface area contributed by atoms with Gasteiger partial charge in [-0.3, -0.25) is 4.72 Å². The Morgan fingerprint density at radius 1 is 1.53 bits per heavy atom. The van der Waals surface area contributed by atoms with Crippen LogP contribution >= 0.6 is 0 Å². The van der Waals surface area contributed by atoms with Gasteiger partial charge in [-0.05, 0) is 19.1 Å². The third-order valence-corrected chi connectivity index (χ3v) is 2.93. The highest BCUT2D eigenvalue weighted by atomic mass is 32.2. The van der Waals surface area contributed by atoms with Crippen molar-refractivity contribution in [2.75, 3.05) is 10.5 Å². The predicted molar refractivity (Wildman–Crippen MR) is 54.3 cm³/mol. The van der Waals surface area contributed by atoms with Crippen LogP contribution in [0.2, 0.25) is 0 Å². The molecule has 0 amide bonds. The van der Waals surface area contributed by atoms with E-state index in [1.54, 1.807) is 0 Å². The monoisotopic (exact) mass is 230 g/mol. The van der Waals surface area contributed by atoms with E-state index in [0.717, 1.165) is 6.20 Å². The standard InChI is InChI=1S/C8H10N2O4S/c1-2-15(13,14)10-7-4-3-6(5-9-7)8(11)12/h3-5H,2H2,1H3,(H,9,10)(H,11,12). The van der Waals surface area contributed by atoms with Gasteiger partial charge in [-0.15, -0.1) is 0 Å². The highest BCUT2D eigenvalue weighted by molar-refractivity contribution is 7.92. The van der Waals surface area contributed by atoms with Crippen molar-refractivity contribution in [3.63, 3.8) is 0 Å². The third-order valence-electron chi connectivity index (χ3n) is 1.65. The molecule has 6 nitrogen and oxygen atoms in total. The van der Waals surface area contributed by atoms with E-state index in [1.165, 1.54) is 19.1 Å².